The van der Waals surface area contributed by atoms with Crippen molar-refractivity contribution >= 4 is 17.7 Å². The molecule has 1 saturated heterocycles. The van der Waals surface area contributed by atoms with Crippen LogP contribution in [0.1, 0.15) is 37.2 Å². The molecule has 1 N–H and O–H groups in total. The number of thioether (sulfide) groups is 1. The topological polar surface area (TPSA) is 55.8 Å². The van der Waals surface area contributed by atoms with Crippen molar-refractivity contribution in [1.82, 2.24) is 0 Å². The number of carbonyl (C=O) groups is 1. The Labute approximate surface area is 135 Å². The molecule has 1 heterocycles. The maximum Gasteiger partial charge on any atom is 0.303 e. The summed E-state index contributed by atoms with van der Waals surface area (Å²) in [6.45, 7) is 0. The van der Waals surface area contributed by atoms with Crippen LogP contribution in [0.25, 0.3) is 0 Å². The van der Waals surface area contributed by atoms with Crippen LogP contribution in [0.5, 0.6) is 11.5 Å². The Bertz CT molecular complexity index is 535. The van der Waals surface area contributed by atoms with Crippen molar-refractivity contribution in [3.05, 3.63) is 23.8 Å². The molecule has 2 fully saturated rings. The van der Waals surface area contributed by atoms with Gasteiger partial charge >= 0.3 is 5.97 Å². The molecule has 4 nitrogen and oxygen atoms in total. The summed E-state index contributed by atoms with van der Waals surface area (Å²) in [5, 5.41) is 9.25. The first-order valence-corrected chi connectivity index (χ1v) is 8.97. The summed E-state index contributed by atoms with van der Waals surface area (Å²) < 4.78 is 11.7. The van der Waals surface area contributed by atoms with Crippen LogP contribution in [-0.4, -0.2) is 35.8 Å². The van der Waals surface area contributed by atoms with E-state index in [1.54, 1.807) is 7.11 Å². The minimum Gasteiger partial charge on any atom is -0.493 e. The number of hydrogen-bond donors (Lipinski definition) is 1. The smallest absolute Gasteiger partial charge is 0.303 e. The SMILES string of the molecule is COc1cccc(C(CC(=O)O)C2CC2)c1OC1CCSC1. The molecule has 22 heavy (non-hydrogen) atoms. The normalized spacial score (nSPS) is 22.3. The van der Waals surface area contributed by atoms with E-state index in [0.717, 1.165) is 42.1 Å². The quantitative estimate of drug-likeness (QED) is 0.832. The monoisotopic (exact) mass is 322 g/mol. The Balaban J connectivity index is 1.91. The summed E-state index contributed by atoms with van der Waals surface area (Å²) in [5.74, 6) is 3.32. The van der Waals surface area contributed by atoms with Crippen molar-refractivity contribution in [3.63, 3.8) is 0 Å². The predicted octanol–water partition coefficient (Wildman–Crippen LogP) is 3.55. The minimum absolute atomic E-state index is 0.0247. The number of para-hydroxylation sites is 1. The van der Waals surface area contributed by atoms with Crippen molar-refractivity contribution in [2.75, 3.05) is 18.6 Å². The Morgan fingerprint density at radius 2 is 2.23 bits per heavy atom. The van der Waals surface area contributed by atoms with Crippen molar-refractivity contribution in [1.29, 1.82) is 0 Å². The van der Waals surface area contributed by atoms with Crippen molar-refractivity contribution in [2.24, 2.45) is 5.92 Å². The molecule has 0 amide bonds. The minimum atomic E-state index is -0.748. The fourth-order valence-corrected chi connectivity index (χ4v) is 4.20. The number of ether oxygens (including phenoxy) is 2. The Hall–Kier alpha value is -1.36. The van der Waals surface area contributed by atoms with Gasteiger partial charge in [-0.15, -0.1) is 0 Å². The fraction of sp³-hybridized carbons (Fsp3) is 0.588. The Morgan fingerprint density at radius 1 is 1.41 bits per heavy atom. The largest absolute Gasteiger partial charge is 0.493 e. The van der Waals surface area contributed by atoms with Gasteiger partial charge in [-0.25, -0.2) is 0 Å². The van der Waals surface area contributed by atoms with Crippen molar-refractivity contribution < 1.29 is 19.4 Å². The Kier molecular flexibility index (Phi) is 4.81. The molecule has 2 atom stereocenters. The van der Waals surface area contributed by atoms with Crippen LogP contribution < -0.4 is 9.47 Å². The van der Waals surface area contributed by atoms with Gasteiger partial charge in [-0.2, -0.15) is 11.8 Å². The second-order valence-electron chi connectivity index (χ2n) is 6.02. The number of carboxylic acid groups (broad SMARTS) is 1. The first-order chi connectivity index (χ1) is 10.7. The van der Waals surface area contributed by atoms with E-state index in [1.807, 2.05) is 30.0 Å². The number of methoxy groups -OCH3 is 1. The molecule has 1 saturated carbocycles. The first-order valence-electron chi connectivity index (χ1n) is 7.82. The van der Waals surface area contributed by atoms with Crippen LogP contribution in [0.15, 0.2) is 18.2 Å². The molecule has 0 spiro atoms. The first kappa shape index (κ1) is 15.5. The Morgan fingerprint density at radius 3 is 2.82 bits per heavy atom. The molecule has 1 aromatic rings. The van der Waals surface area contributed by atoms with Crippen LogP contribution in [0.3, 0.4) is 0 Å². The lowest BCUT2D eigenvalue weighted by Crippen LogP contribution is -2.18. The maximum absolute atomic E-state index is 11.3. The van der Waals surface area contributed by atoms with Crippen molar-refractivity contribution in [3.8, 4) is 11.5 Å². The highest BCUT2D eigenvalue weighted by molar-refractivity contribution is 7.99. The molecule has 2 unspecified atom stereocenters. The van der Waals surface area contributed by atoms with E-state index in [2.05, 4.69) is 0 Å². The summed E-state index contributed by atoms with van der Waals surface area (Å²) in [4.78, 5) is 11.3. The fourth-order valence-electron chi connectivity index (χ4n) is 3.10. The third-order valence-corrected chi connectivity index (χ3v) is 5.52. The molecule has 3 rings (SSSR count). The molecule has 1 aliphatic carbocycles. The van der Waals surface area contributed by atoms with E-state index in [0.29, 0.717) is 11.7 Å². The van der Waals surface area contributed by atoms with E-state index < -0.39 is 5.97 Å². The molecule has 0 aromatic heterocycles. The van der Waals surface area contributed by atoms with Gasteiger partial charge < -0.3 is 14.6 Å². The molecule has 5 heteroatoms. The van der Waals surface area contributed by atoms with E-state index in [9.17, 15) is 9.90 Å². The third-order valence-electron chi connectivity index (χ3n) is 4.39. The van der Waals surface area contributed by atoms with Crippen LogP contribution in [-0.2, 0) is 4.79 Å². The van der Waals surface area contributed by atoms with Gasteiger partial charge in [0.25, 0.3) is 0 Å². The highest BCUT2D eigenvalue weighted by Gasteiger charge is 2.36. The highest BCUT2D eigenvalue weighted by Crippen LogP contribution is 2.49. The zero-order valence-electron chi connectivity index (χ0n) is 12.8. The van der Waals surface area contributed by atoms with Gasteiger partial charge in [0.2, 0.25) is 0 Å². The second-order valence-corrected chi connectivity index (χ2v) is 7.17. The van der Waals surface area contributed by atoms with Crippen LogP contribution in [0, 0.1) is 5.92 Å². The van der Waals surface area contributed by atoms with E-state index >= 15 is 0 Å². The third kappa shape index (κ3) is 3.51. The number of aliphatic carboxylic acids is 1. The number of rotatable bonds is 7. The number of hydrogen-bond acceptors (Lipinski definition) is 4. The molecular weight excluding hydrogens is 300 g/mol. The van der Waals surface area contributed by atoms with Crippen LogP contribution in [0.2, 0.25) is 0 Å². The summed E-state index contributed by atoms with van der Waals surface area (Å²) in [6, 6.07) is 5.83. The molecule has 0 bridgehead atoms. The standard InChI is InChI=1S/C17H22O4S/c1-20-15-4-2-3-13(14(9-16(18)19)11-5-6-11)17(15)21-12-7-8-22-10-12/h2-4,11-12,14H,5-10H2,1H3,(H,18,19). The number of carboxylic acids is 1. The van der Waals surface area contributed by atoms with Crippen molar-refractivity contribution in [2.45, 2.75) is 37.7 Å². The summed E-state index contributed by atoms with van der Waals surface area (Å²) >= 11 is 1.90. The van der Waals surface area contributed by atoms with E-state index in [-0.39, 0.29) is 18.4 Å². The molecule has 2 aliphatic rings. The lowest BCUT2D eigenvalue weighted by atomic mass is 9.90. The van der Waals surface area contributed by atoms with Gasteiger partial charge in [0, 0.05) is 17.2 Å². The molecule has 120 valence electrons. The van der Waals surface area contributed by atoms with Gasteiger partial charge in [0.1, 0.15) is 6.10 Å². The van der Waals surface area contributed by atoms with Crippen LogP contribution in [0.4, 0.5) is 0 Å². The lowest BCUT2D eigenvalue weighted by Gasteiger charge is -2.23. The summed E-state index contributed by atoms with van der Waals surface area (Å²) in [7, 11) is 1.64. The molecule has 1 aliphatic heterocycles. The van der Waals surface area contributed by atoms with E-state index in [4.69, 9.17) is 9.47 Å². The number of benzene rings is 1. The summed E-state index contributed by atoms with van der Waals surface area (Å²) in [6.07, 6.45) is 3.61. The van der Waals surface area contributed by atoms with Gasteiger partial charge in [-0.05, 0) is 37.0 Å². The molecular formula is C17H22O4S. The zero-order chi connectivity index (χ0) is 15.5. The zero-order valence-corrected chi connectivity index (χ0v) is 13.6. The lowest BCUT2D eigenvalue weighted by molar-refractivity contribution is -0.137. The van der Waals surface area contributed by atoms with Gasteiger partial charge in [0.05, 0.1) is 13.5 Å². The predicted molar refractivity (Wildman–Crippen MR) is 87.1 cm³/mol. The average Bonchev–Trinajstić information content (AvgIpc) is 3.22. The summed E-state index contributed by atoms with van der Waals surface area (Å²) in [5.41, 5.74) is 1.00. The second kappa shape index (κ2) is 6.82. The van der Waals surface area contributed by atoms with Gasteiger partial charge in [0.15, 0.2) is 11.5 Å². The average molecular weight is 322 g/mol. The van der Waals surface area contributed by atoms with E-state index in [1.165, 1.54) is 0 Å². The van der Waals surface area contributed by atoms with Crippen LogP contribution >= 0.6 is 11.8 Å². The molecule has 0 radical (unpaired) electrons. The van der Waals surface area contributed by atoms with Gasteiger partial charge in [-0.1, -0.05) is 12.1 Å². The van der Waals surface area contributed by atoms with Gasteiger partial charge in [-0.3, -0.25) is 4.79 Å². The molecule has 1 aromatic carbocycles. The maximum atomic E-state index is 11.3. The highest BCUT2D eigenvalue weighted by atomic mass is 32.2.